The Balaban J connectivity index is 5.38. The van der Waals surface area contributed by atoms with Gasteiger partial charge in [-0.1, -0.05) is 143 Å². The van der Waals surface area contributed by atoms with Crippen molar-refractivity contribution in [2.45, 2.75) is 15.0 Å². The summed E-state index contributed by atoms with van der Waals surface area (Å²) < 4.78 is 30.9. The SMILES string of the molecule is O=P(OC(Br)C(Br)=CBr)(OC(Br)C(Br)=CBr)OC(Br)C(Br)=CBr. The standard InChI is InChI=1S/C9H6Br9O4P/c10-1-4(13)7(16)20-23(19,21-8(17)5(14)2-11)22-9(18)6(15)3-12/h1-3,7-9H. The Labute approximate surface area is 209 Å². The van der Waals surface area contributed by atoms with Gasteiger partial charge in [-0.25, -0.2) is 4.57 Å². The van der Waals surface area contributed by atoms with Gasteiger partial charge in [-0.2, -0.15) is 0 Å². The number of hydrogen-bond acceptors (Lipinski definition) is 4. The summed E-state index contributed by atoms with van der Waals surface area (Å²) in [7, 11) is -4.00. The number of rotatable bonds is 9. The minimum Gasteiger partial charge on any atom is -0.266 e. The molecule has 4 nitrogen and oxygen atoms in total. The summed E-state index contributed by atoms with van der Waals surface area (Å²) in [6, 6.07) is 0. The number of halogens is 9. The lowest BCUT2D eigenvalue weighted by Crippen LogP contribution is -2.14. The van der Waals surface area contributed by atoms with Gasteiger partial charge in [0.2, 0.25) is 0 Å². The number of phosphoric acid groups is 1. The fraction of sp³-hybridized carbons (Fsp3) is 0.333. The summed E-state index contributed by atoms with van der Waals surface area (Å²) in [6.45, 7) is 0. The molecule has 134 valence electrons. The molecule has 0 aromatic rings. The van der Waals surface area contributed by atoms with Gasteiger partial charge in [-0.3, -0.25) is 13.6 Å². The molecule has 3 atom stereocenters. The zero-order valence-corrected chi connectivity index (χ0v) is 25.6. The molecule has 0 aliphatic rings. The summed E-state index contributed by atoms with van der Waals surface area (Å²) in [4.78, 5) is 4.66. The van der Waals surface area contributed by atoms with Crippen LogP contribution in [-0.4, -0.2) is 15.0 Å². The molecule has 0 bridgehead atoms. The van der Waals surface area contributed by atoms with Crippen molar-refractivity contribution >= 4 is 151 Å². The van der Waals surface area contributed by atoms with Crippen LogP contribution in [0.5, 0.6) is 0 Å². The van der Waals surface area contributed by atoms with Crippen LogP contribution in [0, 0.1) is 0 Å². The summed E-state index contributed by atoms with van der Waals surface area (Å²) in [6.07, 6.45) is 0. The molecule has 0 radical (unpaired) electrons. The quantitative estimate of drug-likeness (QED) is 0.171. The van der Waals surface area contributed by atoms with Crippen molar-refractivity contribution in [2.24, 2.45) is 0 Å². The van der Waals surface area contributed by atoms with Crippen molar-refractivity contribution in [1.29, 1.82) is 0 Å². The molecule has 0 aromatic carbocycles. The molecule has 0 aromatic heterocycles. The smallest absolute Gasteiger partial charge is 0.266 e. The first kappa shape index (κ1) is 26.6. The van der Waals surface area contributed by atoms with Crippen LogP contribution in [0.4, 0.5) is 0 Å². The van der Waals surface area contributed by atoms with Crippen molar-refractivity contribution in [1.82, 2.24) is 0 Å². The monoisotopic (exact) mass is 919 g/mol. The highest BCUT2D eigenvalue weighted by Gasteiger charge is 2.37. The second-order valence-electron chi connectivity index (χ2n) is 3.19. The Morgan fingerprint density at radius 2 is 0.913 bits per heavy atom. The van der Waals surface area contributed by atoms with Crippen LogP contribution in [0.25, 0.3) is 0 Å². The van der Waals surface area contributed by atoms with Gasteiger partial charge < -0.3 is 0 Å². The van der Waals surface area contributed by atoms with Crippen LogP contribution in [0.3, 0.4) is 0 Å². The first-order chi connectivity index (χ1) is 10.6. The van der Waals surface area contributed by atoms with E-state index in [1.165, 1.54) is 0 Å². The van der Waals surface area contributed by atoms with E-state index in [0.717, 1.165) is 0 Å². The van der Waals surface area contributed by atoms with E-state index in [-0.39, 0.29) is 0 Å². The molecule has 0 fully saturated rings. The van der Waals surface area contributed by atoms with Crippen molar-refractivity contribution < 1.29 is 18.1 Å². The first-order valence-electron chi connectivity index (χ1n) is 5.05. The largest absolute Gasteiger partial charge is 0.479 e. The van der Waals surface area contributed by atoms with Crippen LogP contribution < -0.4 is 0 Å². The van der Waals surface area contributed by atoms with E-state index in [0.29, 0.717) is 13.4 Å². The number of hydrogen-bond donors (Lipinski definition) is 0. The molecule has 14 heteroatoms. The van der Waals surface area contributed by atoms with Crippen molar-refractivity contribution in [3.63, 3.8) is 0 Å². The highest BCUT2D eigenvalue weighted by Crippen LogP contribution is 2.57. The maximum Gasteiger partial charge on any atom is 0.479 e. The number of phosphoric ester groups is 1. The summed E-state index contributed by atoms with van der Waals surface area (Å²) in [5, 5.41) is -2.28. The molecular formula is C9H6Br9O4P. The van der Waals surface area contributed by atoms with Crippen molar-refractivity contribution in [3.05, 3.63) is 28.4 Å². The normalized spacial score (nSPS) is 20.8. The van der Waals surface area contributed by atoms with Gasteiger partial charge in [0.25, 0.3) is 0 Å². The highest BCUT2D eigenvalue weighted by molar-refractivity contribution is 9.16. The fourth-order valence-electron chi connectivity index (χ4n) is 0.714. The maximum atomic E-state index is 13.0. The van der Waals surface area contributed by atoms with Crippen molar-refractivity contribution in [3.8, 4) is 0 Å². The second-order valence-corrected chi connectivity index (χ2v) is 11.3. The Bertz CT molecular complexity index is 452. The highest BCUT2D eigenvalue weighted by atomic mass is 79.9. The Kier molecular flexibility index (Phi) is 15.9. The molecule has 0 amide bonds. The lowest BCUT2D eigenvalue weighted by molar-refractivity contribution is 0.121. The van der Waals surface area contributed by atoms with Crippen LogP contribution in [-0.2, 0) is 18.1 Å². The summed E-state index contributed by atoms with van der Waals surface area (Å²) >= 11 is 28.8. The van der Waals surface area contributed by atoms with Crippen LogP contribution in [0.1, 0.15) is 0 Å². The van der Waals surface area contributed by atoms with Crippen LogP contribution in [0.2, 0.25) is 0 Å². The summed E-state index contributed by atoms with van der Waals surface area (Å²) in [5.41, 5.74) is 0. The van der Waals surface area contributed by atoms with Crippen LogP contribution in [0.15, 0.2) is 28.4 Å². The van der Waals surface area contributed by atoms with E-state index in [9.17, 15) is 4.57 Å². The van der Waals surface area contributed by atoms with Gasteiger partial charge in [0.15, 0.2) is 15.0 Å². The molecule has 0 aliphatic heterocycles. The first-order valence-corrected chi connectivity index (χ1v) is 14.4. The van der Waals surface area contributed by atoms with Crippen LogP contribution >= 0.6 is 151 Å². The van der Waals surface area contributed by atoms with E-state index >= 15 is 0 Å². The minimum absolute atomic E-state index is 0.548. The second kappa shape index (κ2) is 13.8. The van der Waals surface area contributed by atoms with E-state index in [1.54, 1.807) is 15.0 Å². The van der Waals surface area contributed by atoms with Gasteiger partial charge in [0, 0.05) is 13.4 Å². The van der Waals surface area contributed by atoms with Gasteiger partial charge in [0.1, 0.15) is 0 Å². The lowest BCUT2D eigenvalue weighted by atomic mass is 10.7. The fourth-order valence-corrected chi connectivity index (χ4v) is 6.62. The maximum absolute atomic E-state index is 13.0. The predicted octanol–water partition coefficient (Wildman–Crippen LogP) is 9.20. The molecule has 0 N–H and O–H groups in total. The zero-order valence-electron chi connectivity index (χ0n) is 10.4. The third-order valence-electron chi connectivity index (χ3n) is 1.63. The predicted molar refractivity (Wildman–Crippen MR) is 127 cm³/mol. The third-order valence-corrected chi connectivity index (χ3v) is 13.0. The van der Waals surface area contributed by atoms with Gasteiger partial charge in [0.05, 0.1) is 0 Å². The van der Waals surface area contributed by atoms with E-state index in [4.69, 9.17) is 13.6 Å². The molecule has 0 heterocycles. The van der Waals surface area contributed by atoms with E-state index in [1.807, 2.05) is 0 Å². The molecule has 0 saturated heterocycles. The molecule has 0 saturated carbocycles. The summed E-state index contributed by atoms with van der Waals surface area (Å²) in [5.74, 6) is 0. The van der Waals surface area contributed by atoms with Gasteiger partial charge >= 0.3 is 7.82 Å². The zero-order chi connectivity index (χ0) is 18.2. The van der Waals surface area contributed by atoms with Gasteiger partial charge in [-0.15, -0.1) is 0 Å². The van der Waals surface area contributed by atoms with Gasteiger partial charge in [-0.05, 0) is 15.0 Å². The Hall–Kier alpha value is 3.65. The molecule has 0 rings (SSSR count). The average Bonchev–Trinajstić information content (AvgIpc) is 2.51. The third kappa shape index (κ3) is 10.7. The minimum atomic E-state index is -4.00. The average molecular weight is 928 g/mol. The number of alkyl halides is 3. The molecule has 3 unspecified atom stereocenters. The molecule has 0 spiro atoms. The Morgan fingerprint density at radius 1 is 0.696 bits per heavy atom. The molecule has 23 heavy (non-hydrogen) atoms. The molecular weight excluding hydrogens is 922 g/mol. The van der Waals surface area contributed by atoms with Crippen molar-refractivity contribution in [2.75, 3.05) is 0 Å². The Morgan fingerprint density at radius 3 is 1.09 bits per heavy atom. The molecule has 0 aliphatic carbocycles. The van der Waals surface area contributed by atoms with E-state index in [2.05, 4.69) is 143 Å². The topological polar surface area (TPSA) is 44.8 Å². The lowest BCUT2D eigenvalue weighted by Gasteiger charge is -2.24. The van der Waals surface area contributed by atoms with E-state index < -0.39 is 22.9 Å².